The van der Waals surface area contributed by atoms with Crippen LogP contribution in [-0.2, 0) is 10.8 Å². The lowest BCUT2D eigenvalue weighted by atomic mass is 10.1. The van der Waals surface area contributed by atoms with E-state index in [1.54, 1.807) is 26.1 Å². The number of hydrogen-bond acceptors (Lipinski definition) is 8. The second kappa shape index (κ2) is 9.52. The average Bonchev–Trinajstić information content (AvgIpc) is 3.32. The van der Waals surface area contributed by atoms with E-state index in [1.165, 1.54) is 23.1 Å². The van der Waals surface area contributed by atoms with Gasteiger partial charge < -0.3 is 5.21 Å². The van der Waals surface area contributed by atoms with Gasteiger partial charge in [-0.05, 0) is 26.3 Å². The molecule has 0 saturated carbocycles. The molecule has 0 aliphatic rings. The molecule has 7 nitrogen and oxygen atoms in total. The van der Waals surface area contributed by atoms with E-state index in [0.717, 1.165) is 17.6 Å². The molecule has 0 saturated heterocycles. The molecule has 152 valence electrons. The van der Waals surface area contributed by atoms with Crippen molar-refractivity contribution in [3.05, 3.63) is 34.7 Å². The Hall–Kier alpha value is -2.22. The molecule has 0 spiro atoms. The summed E-state index contributed by atoms with van der Waals surface area (Å²) < 4.78 is 13.3. The molecule has 1 N–H and O–H groups in total. The fourth-order valence-electron chi connectivity index (χ4n) is 2.83. The van der Waals surface area contributed by atoms with E-state index in [2.05, 4.69) is 27.9 Å². The van der Waals surface area contributed by atoms with Crippen LogP contribution in [0.2, 0.25) is 0 Å². The third-order valence-corrected chi connectivity index (χ3v) is 7.88. The number of thioether (sulfide) groups is 1. The Kier molecular flexibility index (Phi) is 7.05. The summed E-state index contributed by atoms with van der Waals surface area (Å²) in [7, 11) is -0.996. The van der Waals surface area contributed by atoms with Crippen LogP contribution >= 0.6 is 23.1 Å². The summed E-state index contributed by atoms with van der Waals surface area (Å²) in [6, 6.07) is 3.97. The third-order valence-electron chi connectivity index (χ3n) is 4.25. The Morgan fingerprint density at radius 2 is 2.17 bits per heavy atom. The molecule has 0 fully saturated rings. The first kappa shape index (κ1) is 21.5. The number of pyridine rings is 1. The molecule has 0 aliphatic carbocycles. The second-order valence-corrected chi connectivity index (χ2v) is 10.1. The number of imidazole rings is 1. The monoisotopic (exact) mass is 447 g/mol. The number of hydrogen-bond donors (Lipinski definition) is 1. The number of unbranched alkanes of at least 4 members (excludes halogenated alkanes) is 1. The van der Waals surface area contributed by atoms with Crippen LogP contribution in [0.15, 0.2) is 22.7 Å². The first-order chi connectivity index (χ1) is 14.0. The van der Waals surface area contributed by atoms with E-state index in [1.807, 2.05) is 5.38 Å². The molecule has 1 unspecified atom stereocenters. The summed E-state index contributed by atoms with van der Waals surface area (Å²) in [6.45, 7) is 5.54. The highest BCUT2D eigenvalue weighted by molar-refractivity contribution is 8.10. The molecule has 3 heterocycles. The highest BCUT2D eigenvalue weighted by atomic mass is 32.2. The van der Waals surface area contributed by atoms with E-state index >= 15 is 0 Å². The van der Waals surface area contributed by atoms with Crippen LogP contribution in [0.5, 0.6) is 0 Å². The van der Waals surface area contributed by atoms with Crippen molar-refractivity contribution in [3.8, 4) is 28.0 Å². The van der Waals surface area contributed by atoms with Crippen molar-refractivity contribution >= 4 is 33.9 Å². The molecule has 0 aromatic carbocycles. The van der Waals surface area contributed by atoms with E-state index in [9.17, 15) is 14.7 Å². The van der Waals surface area contributed by atoms with Crippen molar-refractivity contribution < 1.29 is 9.42 Å². The first-order valence-electron chi connectivity index (χ1n) is 9.04. The number of nitrogens with zero attached hydrogens (tertiary/aromatic N) is 5. The lowest BCUT2D eigenvalue weighted by Gasteiger charge is -2.12. The number of thiazole rings is 1. The summed E-state index contributed by atoms with van der Waals surface area (Å²) in [4.78, 5) is 13.3. The van der Waals surface area contributed by atoms with Gasteiger partial charge in [-0.3, -0.25) is 4.21 Å². The van der Waals surface area contributed by atoms with Crippen molar-refractivity contribution in [2.45, 2.75) is 38.6 Å². The zero-order valence-electron chi connectivity index (χ0n) is 16.4. The second-order valence-electron chi connectivity index (χ2n) is 6.35. The van der Waals surface area contributed by atoms with Crippen LogP contribution in [0.3, 0.4) is 0 Å². The lowest BCUT2D eigenvalue weighted by Crippen LogP contribution is -2.04. The van der Waals surface area contributed by atoms with Crippen molar-refractivity contribution in [2.24, 2.45) is 0 Å². The van der Waals surface area contributed by atoms with Crippen LogP contribution in [0.25, 0.3) is 22.0 Å². The molecule has 29 heavy (non-hydrogen) atoms. The molecule has 0 aliphatic heterocycles. The van der Waals surface area contributed by atoms with Gasteiger partial charge in [-0.2, -0.15) is 9.99 Å². The summed E-state index contributed by atoms with van der Waals surface area (Å²) in [6.07, 6.45) is 3.58. The van der Waals surface area contributed by atoms with Crippen LogP contribution in [0.1, 0.15) is 36.8 Å². The highest BCUT2D eigenvalue weighted by Gasteiger charge is 2.22. The van der Waals surface area contributed by atoms with E-state index in [0.29, 0.717) is 54.9 Å². The molecular weight excluding hydrogens is 426 g/mol. The molecule has 0 bridgehead atoms. The van der Waals surface area contributed by atoms with Crippen molar-refractivity contribution in [1.29, 1.82) is 5.26 Å². The smallest absolute Gasteiger partial charge is 0.142 e. The predicted molar refractivity (Wildman–Crippen MR) is 117 cm³/mol. The fourth-order valence-corrected chi connectivity index (χ4v) is 5.95. The quantitative estimate of drug-likeness (QED) is 0.403. The van der Waals surface area contributed by atoms with Gasteiger partial charge in [0.2, 0.25) is 0 Å². The largest absolute Gasteiger partial charge is 0.427 e. The SMILES string of the molecule is CCCCS(=O)CSc1nc(-c2nccs2)cc(-c2c(C)nc(C)n2O)c1C#N. The number of rotatable bonds is 8. The van der Waals surface area contributed by atoms with Crippen molar-refractivity contribution in [3.63, 3.8) is 0 Å². The minimum absolute atomic E-state index is 0.334. The summed E-state index contributed by atoms with van der Waals surface area (Å²) in [5.74, 6) is 1.07. The maximum absolute atomic E-state index is 12.3. The first-order valence-corrected chi connectivity index (χ1v) is 12.4. The molecule has 3 aromatic heterocycles. The molecule has 1 atom stereocenters. The third kappa shape index (κ3) is 4.69. The van der Waals surface area contributed by atoms with Crippen molar-refractivity contribution in [1.82, 2.24) is 19.7 Å². The van der Waals surface area contributed by atoms with Crippen molar-refractivity contribution in [2.75, 3.05) is 10.8 Å². The minimum Gasteiger partial charge on any atom is -0.427 e. The number of aryl methyl sites for hydroxylation is 2. The van der Waals surface area contributed by atoms with Gasteiger partial charge in [0.05, 0.1) is 16.3 Å². The van der Waals surface area contributed by atoms with Gasteiger partial charge in [0.25, 0.3) is 0 Å². The van der Waals surface area contributed by atoms with Crippen LogP contribution in [0.4, 0.5) is 0 Å². The minimum atomic E-state index is -0.996. The Morgan fingerprint density at radius 1 is 1.38 bits per heavy atom. The van der Waals surface area contributed by atoms with Crippen LogP contribution in [-0.4, -0.2) is 39.9 Å². The maximum atomic E-state index is 12.3. The molecule has 3 aromatic rings. The lowest BCUT2D eigenvalue weighted by molar-refractivity contribution is 0.183. The maximum Gasteiger partial charge on any atom is 0.142 e. The molecular formula is C19H21N5O2S3. The Morgan fingerprint density at radius 3 is 2.76 bits per heavy atom. The standard InChI is InChI=1S/C19H21N5O2S3/c1-4-5-8-29(26)11-28-18-15(10-20)14(17-12(2)22-13(3)24(17)25)9-16(23-18)19-21-6-7-27-19/h6-7,9,25H,4-5,8,11H2,1-3H3. The van der Waals surface area contributed by atoms with Crippen LogP contribution in [0, 0.1) is 25.2 Å². The van der Waals surface area contributed by atoms with Gasteiger partial charge >= 0.3 is 0 Å². The zero-order valence-corrected chi connectivity index (χ0v) is 18.8. The fraction of sp³-hybridized carbons (Fsp3) is 0.368. The van der Waals surface area contributed by atoms with E-state index in [4.69, 9.17) is 0 Å². The van der Waals surface area contributed by atoms with E-state index < -0.39 is 10.8 Å². The highest BCUT2D eigenvalue weighted by Crippen LogP contribution is 2.36. The topological polar surface area (TPSA) is 105 Å². The van der Waals surface area contributed by atoms with Gasteiger partial charge in [-0.15, -0.1) is 11.3 Å². The average molecular weight is 448 g/mol. The number of nitriles is 1. The Labute approximate surface area is 180 Å². The summed E-state index contributed by atoms with van der Waals surface area (Å²) in [5, 5.41) is 23.8. The predicted octanol–water partition coefficient (Wildman–Crippen LogP) is 4.39. The Balaban J connectivity index is 2.11. The van der Waals surface area contributed by atoms with Gasteiger partial charge in [0, 0.05) is 33.7 Å². The van der Waals surface area contributed by atoms with Gasteiger partial charge in [0.1, 0.15) is 33.3 Å². The number of aromatic nitrogens is 4. The molecule has 0 radical (unpaired) electrons. The van der Waals surface area contributed by atoms with Gasteiger partial charge in [-0.1, -0.05) is 25.1 Å². The summed E-state index contributed by atoms with van der Waals surface area (Å²) in [5.41, 5.74) is 2.54. The van der Waals surface area contributed by atoms with Gasteiger partial charge in [0.15, 0.2) is 0 Å². The van der Waals surface area contributed by atoms with E-state index in [-0.39, 0.29) is 0 Å². The molecule has 10 heteroatoms. The van der Waals surface area contributed by atoms with Gasteiger partial charge in [-0.25, -0.2) is 15.0 Å². The Bertz CT molecular complexity index is 1070. The molecule has 0 amide bonds. The van der Waals surface area contributed by atoms with Crippen LogP contribution < -0.4 is 0 Å². The summed E-state index contributed by atoms with van der Waals surface area (Å²) >= 11 is 2.74. The molecule has 3 rings (SSSR count). The normalized spacial score (nSPS) is 12.1. The zero-order chi connectivity index (χ0) is 21.0.